The minimum Gasteiger partial charge on any atom is -0.339 e. The van der Waals surface area contributed by atoms with Crippen LogP contribution in [0, 0.1) is 0 Å². The molecule has 1 aliphatic heterocycles. The van der Waals surface area contributed by atoms with Gasteiger partial charge in [-0.3, -0.25) is 9.59 Å². The van der Waals surface area contributed by atoms with E-state index >= 15 is 0 Å². The SMILES string of the molecule is CCN1CC(=O)NC(c2cccc(Br)c2)C1=O. The van der Waals surface area contributed by atoms with Crippen molar-refractivity contribution in [3.05, 3.63) is 34.3 Å². The first kappa shape index (κ1) is 12.1. The monoisotopic (exact) mass is 296 g/mol. The first-order valence-electron chi connectivity index (χ1n) is 5.45. The Balaban J connectivity index is 2.30. The van der Waals surface area contributed by atoms with Crippen LogP contribution in [0.2, 0.25) is 0 Å². The van der Waals surface area contributed by atoms with Gasteiger partial charge < -0.3 is 10.2 Å². The summed E-state index contributed by atoms with van der Waals surface area (Å²) >= 11 is 3.36. The lowest BCUT2D eigenvalue weighted by atomic mass is 10.0. The number of nitrogens with one attached hydrogen (secondary N) is 1. The van der Waals surface area contributed by atoms with E-state index < -0.39 is 6.04 Å². The van der Waals surface area contributed by atoms with E-state index in [2.05, 4.69) is 21.2 Å². The quantitative estimate of drug-likeness (QED) is 0.898. The van der Waals surface area contributed by atoms with E-state index in [0.717, 1.165) is 10.0 Å². The third kappa shape index (κ3) is 2.49. The second kappa shape index (κ2) is 4.87. The Labute approximate surface area is 108 Å². The molecule has 1 aromatic rings. The summed E-state index contributed by atoms with van der Waals surface area (Å²) in [6.07, 6.45) is 0. The van der Waals surface area contributed by atoms with E-state index in [-0.39, 0.29) is 18.4 Å². The molecule has 2 amide bonds. The van der Waals surface area contributed by atoms with Gasteiger partial charge in [0.2, 0.25) is 11.8 Å². The van der Waals surface area contributed by atoms with Crippen LogP contribution in [-0.2, 0) is 9.59 Å². The molecule has 1 saturated heterocycles. The van der Waals surface area contributed by atoms with Crippen LogP contribution < -0.4 is 5.32 Å². The summed E-state index contributed by atoms with van der Waals surface area (Å²) in [6.45, 7) is 2.57. The Morgan fingerprint density at radius 3 is 2.88 bits per heavy atom. The van der Waals surface area contributed by atoms with Crippen LogP contribution in [0.5, 0.6) is 0 Å². The number of likely N-dealkylation sites (N-methyl/N-ethyl adjacent to an activating group) is 1. The third-order valence-electron chi connectivity index (χ3n) is 2.76. The van der Waals surface area contributed by atoms with Crippen molar-refractivity contribution in [2.24, 2.45) is 0 Å². The van der Waals surface area contributed by atoms with Gasteiger partial charge in [-0.2, -0.15) is 0 Å². The number of halogens is 1. The van der Waals surface area contributed by atoms with Gasteiger partial charge in [0.15, 0.2) is 0 Å². The second-order valence-electron chi connectivity index (χ2n) is 3.91. The van der Waals surface area contributed by atoms with E-state index in [1.165, 1.54) is 0 Å². The maximum atomic E-state index is 12.1. The van der Waals surface area contributed by atoms with Gasteiger partial charge in [-0.05, 0) is 24.6 Å². The lowest BCUT2D eigenvalue weighted by molar-refractivity contribution is -0.144. The molecule has 1 heterocycles. The number of carbonyl (C=O) groups excluding carboxylic acids is 2. The molecule has 0 aromatic heterocycles. The van der Waals surface area contributed by atoms with Crippen LogP contribution in [0.3, 0.4) is 0 Å². The fourth-order valence-corrected chi connectivity index (χ4v) is 2.30. The van der Waals surface area contributed by atoms with Gasteiger partial charge in [-0.1, -0.05) is 28.1 Å². The highest BCUT2D eigenvalue weighted by Crippen LogP contribution is 2.22. The average molecular weight is 297 g/mol. The molecular weight excluding hydrogens is 284 g/mol. The molecule has 0 aliphatic carbocycles. The fourth-order valence-electron chi connectivity index (χ4n) is 1.88. The van der Waals surface area contributed by atoms with Crippen LogP contribution in [-0.4, -0.2) is 29.8 Å². The van der Waals surface area contributed by atoms with E-state index in [4.69, 9.17) is 0 Å². The van der Waals surface area contributed by atoms with E-state index in [9.17, 15) is 9.59 Å². The number of rotatable bonds is 2. The third-order valence-corrected chi connectivity index (χ3v) is 3.26. The van der Waals surface area contributed by atoms with E-state index in [1.54, 1.807) is 4.90 Å². The zero-order chi connectivity index (χ0) is 12.4. The van der Waals surface area contributed by atoms with Crippen molar-refractivity contribution in [1.82, 2.24) is 10.2 Å². The average Bonchev–Trinajstić information content (AvgIpc) is 2.31. The zero-order valence-electron chi connectivity index (χ0n) is 9.44. The molecule has 1 unspecified atom stereocenters. The summed E-state index contributed by atoms with van der Waals surface area (Å²) in [6, 6.07) is 6.86. The molecule has 90 valence electrons. The van der Waals surface area contributed by atoms with Crippen molar-refractivity contribution in [3.8, 4) is 0 Å². The maximum Gasteiger partial charge on any atom is 0.250 e. The van der Waals surface area contributed by atoms with Gasteiger partial charge in [-0.25, -0.2) is 0 Å². The maximum absolute atomic E-state index is 12.1. The molecule has 1 fully saturated rings. The molecule has 1 aromatic carbocycles. The molecule has 2 rings (SSSR count). The molecule has 0 radical (unpaired) electrons. The topological polar surface area (TPSA) is 49.4 Å². The molecule has 5 heteroatoms. The van der Waals surface area contributed by atoms with Crippen LogP contribution >= 0.6 is 15.9 Å². The largest absolute Gasteiger partial charge is 0.339 e. The van der Waals surface area contributed by atoms with E-state index in [1.807, 2.05) is 31.2 Å². The molecule has 1 atom stereocenters. The van der Waals surface area contributed by atoms with Crippen LogP contribution in [0.15, 0.2) is 28.7 Å². The first-order chi connectivity index (χ1) is 8.11. The Bertz CT molecular complexity index is 462. The first-order valence-corrected chi connectivity index (χ1v) is 6.24. The number of benzene rings is 1. The van der Waals surface area contributed by atoms with Crippen LogP contribution in [0.25, 0.3) is 0 Å². The van der Waals surface area contributed by atoms with Crippen LogP contribution in [0.1, 0.15) is 18.5 Å². The van der Waals surface area contributed by atoms with Crippen molar-refractivity contribution in [1.29, 1.82) is 0 Å². The smallest absolute Gasteiger partial charge is 0.250 e. The fraction of sp³-hybridized carbons (Fsp3) is 0.333. The Morgan fingerprint density at radius 1 is 1.47 bits per heavy atom. The van der Waals surface area contributed by atoms with Gasteiger partial charge in [0.1, 0.15) is 6.04 Å². The van der Waals surface area contributed by atoms with E-state index in [0.29, 0.717) is 6.54 Å². The number of hydrogen-bond acceptors (Lipinski definition) is 2. The Kier molecular flexibility index (Phi) is 3.47. The van der Waals surface area contributed by atoms with Gasteiger partial charge in [-0.15, -0.1) is 0 Å². The normalized spacial score (nSPS) is 20.4. The number of piperazine rings is 1. The summed E-state index contributed by atoms with van der Waals surface area (Å²) in [4.78, 5) is 25.2. The lowest BCUT2D eigenvalue weighted by Gasteiger charge is -2.31. The summed E-state index contributed by atoms with van der Waals surface area (Å²) in [5.41, 5.74) is 0.802. The van der Waals surface area contributed by atoms with Crippen molar-refractivity contribution in [2.45, 2.75) is 13.0 Å². The summed E-state index contributed by atoms with van der Waals surface area (Å²) in [5.74, 6) is -0.165. The highest BCUT2D eigenvalue weighted by atomic mass is 79.9. The molecule has 17 heavy (non-hydrogen) atoms. The minimum absolute atomic E-state index is 0.0507. The molecule has 4 nitrogen and oxygen atoms in total. The highest BCUT2D eigenvalue weighted by Gasteiger charge is 2.32. The van der Waals surface area contributed by atoms with Crippen LogP contribution in [0.4, 0.5) is 0 Å². The van der Waals surface area contributed by atoms with Crippen molar-refractivity contribution in [2.75, 3.05) is 13.1 Å². The predicted molar refractivity (Wildman–Crippen MR) is 67.3 cm³/mol. The molecule has 1 N–H and O–H groups in total. The lowest BCUT2D eigenvalue weighted by Crippen LogP contribution is -2.53. The van der Waals surface area contributed by atoms with Crippen molar-refractivity contribution >= 4 is 27.7 Å². The Morgan fingerprint density at radius 2 is 2.24 bits per heavy atom. The molecule has 0 spiro atoms. The standard InChI is InChI=1S/C12H13BrN2O2/c1-2-15-7-10(16)14-11(12(15)17)8-4-3-5-9(13)6-8/h3-6,11H,2,7H2,1H3,(H,14,16). The summed E-state index contributed by atoms with van der Waals surface area (Å²) in [7, 11) is 0. The minimum atomic E-state index is -0.561. The molecular formula is C12H13BrN2O2. The Hall–Kier alpha value is -1.36. The zero-order valence-corrected chi connectivity index (χ0v) is 11.0. The number of amides is 2. The number of nitrogens with zero attached hydrogens (tertiary/aromatic N) is 1. The molecule has 0 saturated carbocycles. The summed E-state index contributed by atoms with van der Waals surface area (Å²) in [5, 5.41) is 2.72. The van der Waals surface area contributed by atoms with Crippen molar-refractivity contribution in [3.63, 3.8) is 0 Å². The summed E-state index contributed by atoms with van der Waals surface area (Å²) < 4.78 is 0.894. The predicted octanol–water partition coefficient (Wildman–Crippen LogP) is 1.47. The number of carbonyl (C=O) groups is 2. The van der Waals surface area contributed by atoms with Gasteiger partial charge in [0.05, 0.1) is 6.54 Å². The van der Waals surface area contributed by atoms with Gasteiger partial charge in [0.25, 0.3) is 0 Å². The highest BCUT2D eigenvalue weighted by molar-refractivity contribution is 9.10. The second-order valence-corrected chi connectivity index (χ2v) is 4.82. The molecule has 1 aliphatic rings. The number of hydrogen-bond donors (Lipinski definition) is 1. The molecule has 0 bridgehead atoms. The van der Waals surface area contributed by atoms with Gasteiger partial charge >= 0.3 is 0 Å². The van der Waals surface area contributed by atoms with Gasteiger partial charge in [0, 0.05) is 11.0 Å². The van der Waals surface area contributed by atoms with Crippen molar-refractivity contribution < 1.29 is 9.59 Å².